The van der Waals surface area contributed by atoms with E-state index in [1.807, 2.05) is 19.1 Å². The normalized spacial score (nSPS) is 10.8. The number of benzene rings is 1. The fourth-order valence-corrected chi connectivity index (χ4v) is 2.51. The Balaban J connectivity index is 2.62. The van der Waals surface area contributed by atoms with E-state index in [0.717, 1.165) is 22.4 Å². The molecule has 0 aliphatic rings. The van der Waals surface area contributed by atoms with E-state index in [0.29, 0.717) is 10.3 Å². The molecule has 84 valence electrons. The van der Waals surface area contributed by atoms with Crippen molar-refractivity contribution in [1.82, 2.24) is 14.8 Å². The molecule has 1 aromatic carbocycles. The van der Waals surface area contributed by atoms with Gasteiger partial charge in [-0.05, 0) is 45.7 Å². The summed E-state index contributed by atoms with van der Waals surface area (Å²) < 4.78 is 2.65. The molecular formula is C10H8BrCl2N3. The standard InChI is InChI=1S/C10H8BrCl2N3/c1-2-9-14-15-10(13)16(9)8-4-3-6(12)5-7(8)11/h3-5H,2H2,1H3. The van der Waals surface area contributed by atoms with Crippen molar-refractivity contribution in [3.63, 3.8) is 0 Å². The van der Waals surface area contributed by atoms with Crippen molar-refractivity contribution < 1.29 is 0 Å². The third-order valence-corrected chi connectivity index (χ3v) is 3.27. The lowest BCUT2D eigenvalue weighted by Crippen LogP contribution is -2.01. The molecule has 0 atom stereocenters. The van der Waals surface area contributed by atoms with Crippen LogP contribution in [0.2, 0.25) is 10.3 Å². The van der Waals surface area contributed by atoms with Crippen molar-refractivity contribution in [2.45, 2.75) is 13.3 Å². The average Bonchev–Trinajstić information content (AvgIpc) is 2.60. The minimum Gasteiger partial charge on any atom is -0.269 e. The van der Waals surface area contributed by atoms with Gasteiger partial charge < -0.3 is 0 Å². The van der Waals surface area contributed by atoms with E-state index < -0.39 is 0 Å². The van der Waals surface area contributed by atoms with Crippen LogP contribution in [0.4, 0.5) is 0 Å². The summed E-state index contributed by atoms with van der Waals surface area (Å²) in [4.78, 5) is 0. The minimum absolute atomic E-state index is 0.347. The minimum atomic E-state index is 0.347. The Morgan fingerprint density at radius 2 is 2.06 bits per heavy atom. The fourth-order valence-electron chi connectivity index (χ4n) is 1.42. The zero-order valence-electron chi connectivity index (χ0n) is 8.41. The van der Waals surface area contributed by atoms with Crippen LogP contribution in [0.15, 0.2) is 22.7 Å². The van der Waals surface area contributed by atoms with Crippen LogP contribution >= 0.6 is 39.1 Å². The third-order valence-electron chi connectivity index (χ3n) is 2.16. The maximum atomic E-state index is 6.01. The molecule has 2 aromatic rings. The molecule has 0 saturated carbocycles. The van der Waals surface area contributed by atoms with Crippen LogP contribution in [0, 0.1) is 0 Å². The Labute approximate surface area is 112 Å². The largest absolute Gasteiger partial charge is 0.269 e. The smallest absolute Gasteiger partial charge is 0.229 e. The van der Waals surface area contributed by atoms with Crippen molar-refractivity contribution in [2.24, 2.45) is 0 Å². The van der Waals surface area contributed by atoms with Gasteiger partial charge >= 0.3 is 0 Å². The lowest BCUT2D eigenvalue weighted by molar-refractivity contribution is 0.881. The molecule has 16 heavy (non-hydrogen) atoms. The first-order chi connectivity index (χ1) is 7.63. The Bertz CT molecular complexity index is 525. The molecule has 0 amide bonds. The van der Waals surface area contributed by atoms with Gasteiger partial charge in [-0.1, -0.05) is 18.5 Å². The van der Waals surface area contributed by atoms with Crippen LogP contribution in [-0.2, 0) is 6.42 Å². The summed E-state index contributed by atoms with van der Waals surface area (Å²) in [5.74, 6) is 0.813. The van der Waals surface area contributed by atoms with Crippen LogP contribution in [0.25, 0.3) is 5.69 Å². The SMILES string of the molecule is CCc1nnc(Cl)n1-c1ccc(Cl)cc1Br. The molecule has 1 heterocycles. The number of hydrogen-bond donors (Lipinski definition) is 0. The van der Waals surface area contributed by atoms with Crippen molar-refractivity contribution in [3.8, 4) is 5.69 Å². The molecule has 1 aromatic heterocycles. The van der Waals surface area contributed by atoms with Crippen molar-refractivity contribution >= 4 is 39.1 Å². The van der Waals surface area contributed by atoms with Gasteiger partial charge in [-0.25, -0.2) is 0 Å². The molecule has 6 heteroatoms. The van der Waals surface area contributed by atoms with Gasteiger partial charge in [0, 0.05) is 15.9 Å². The first-order valence-electron chi connectivity index (χ1n) is 4.68. The van der Waals surface area contributed by atoms with Gasteiger partial charge in [-0.2, -0.15) is 0 Å². The Morgan fingerprint density at radius 1 is 1.31 bits per heavy atom. The first kappa shape index (κ1) is 11.9. The topological polar surface area (TPSA) is 30.7 Å². The monoisotopic (exact) mass is 319 g/mol. The van der Waals surface area contributed by atoms with Gasteiger partial charge in [-0.15, -0.1) is 10.2 Å². The predicted molar refractivity (Wildman–Crippen MR) is 68.5 cm³/mol. The van der Waals surface area contributed by atoms with Gasteiger partial charge in [0.15, 0.2) is 0 Å². The molecule has 0 bridgehead atoms. The fraction of sp³-hybridized carbons (Fsp3) is 0.200. The molecule has 0 unspecified atom stereocenters. The molecule has 0 radical (unpaired) electrons. The summed E-state index contributed by atoms with van der Waals surface area (Å²) >= 11 is 15.3. The van der Waals surface area contributed by atoms with E-state index in [-0.39, 0.29) is 0 Å². The summed E-state index contributed by atoms with van der Waals surface area (Å²) in [5, 5.41) is 8.87. The number of aryl methyl sites for hydroxylation is 1. The number of halogens is 3. The van der Waals surface area contributed by atoms with Gasteiger partial charge in [0.05, 0.1) is 5.69 Å². The molecule has 0 spiro atoms. The molecule has 0 N–H and O–H groups in total. The molecular weight excluding hydrogens is 313 g/mol. The van der Waals surface area contributed by atoms with Gasteiger partial charge in [-0.3, -0.25) is 4.57 Å². The third kappa shape index (κ3) is 2.10. The predicted octanol–water partition coefficient (Wildman–Crippen LogP) is 3.90. The number of rotatable bonds is 2. The number of aromatic nitrogens is 3. The quantitative estimate of drug-likeness (QED) is 0.840. The highest BCUT2D eigenvalue weighted by molar-refractivity contribution is 9.10. The maximum Gasteiger partial charge on any atom is 0.229 e. The second kappa shape index (κ2) is 4.73. The van der Waals surface area contributed by atoms with Crippen LogP contribution in [-0.4, -0.2) is 14.8 Å². The summed E-state index contributed by atoms with van der Waals surface area (Å²) in [5.41, 5.74) is 0.885. The summed E-state index contributed by atoms with van der Waals surface area (Å²) in [6, 6.07) is 5.49. The molecule has 0 saturated heterocycles. The number of hydrogen-bond acceptors (Lipinski definition) is 2. The van der Waals surface area contributed by atoms with E-state index in [9.17, 15) is 0 Å². The van der Waals surface area contributed by atoms with Crippen LogP contribution in [0.5, 0.6) is 0 Å². The zero-order valence-corrected chi connectivity index (χ0v) is 11.5. The van der Waals surface area contributed by atoms with Crippen molar-refractivity contribution in [3.05, 3.63) is 38.8 Å². The van der Waals surface area contributed by atoms with E-state index in [1.54, 1.807) is 10.6 Å². The van der Waals surface area contributed by atoms with Crippen LogP contribution in [0.1, 0.15) is 12.7 Å². The summed E-state index contributed by atoms with van der Waals surface area (Å²) in [7, 11) is 0. The van der Waals surface area contributed by atoms with Crippen molar-refractivity contribution in [1.29, 1.82) is 0 Å². The highest BCUT2D eigenvalue weighted by Crippen LogP contribution is 2.27. The van der Waals surface area contributed by atoms with Gasteiger partial charge in [0.1, 0.15) is 5.82 Å². The Kier molecular flexibility index (Phi) is 3.52. The van der Waals surface area contributed by atoms with Crippen molar-refractivity contribution in [2.75, 3.05) is 0 Å². The van der Waals surface area contributed by atoms with Crippen LogP contribution < -0.4 is 0 Å². The van der Waals surface area contributed by atoms with E-state index in [4.69, 9.17) is 23.2 Å². The second-order valence-corrected chi connectivity index (χ2v) is 4.80. The molecule has 0 aliphatic carbocycles. The average molecular weight is 321 g/mol. The van der Waals surface area contributed by atoms with E-state index in [1.165, 1.54) is 0 Å². The Hall–Kier alpha value is -0.580. The summed E-state index contributed by atoms with van der Waals surface area (Å²) in [6.45, 7) is 2.00. The lowest BCUT2D eigenvalue weighted by Gasteiger charge is -2.08. The van der Waals surface area contributed by atoms with Gasteiger partial charge in [0.2, 0.25) is 5.28 Å². The molecule has 0 fully saturated rings. The highest BCUT2D eigenvalue weighted by atomic mass is 79.9. The maximum absolute atomic E-state index is 6.01. The Morgan fingerprint density at radius 3 is 2.69 bits per heavy atom. The van der Waals surface area contributed by atoms with E-state index >= 15 is 0 Å². The second-order valence-electron chi connectivity index (χ2n) is 3.17. The first-order valence-corrected chi connectivity index (χ1v) is 6.23. The number of nitrogens with zero attached hydrogens (tertiary/aromatic N) is 3. The van der Waals surface area contributed by atoms with E-state index in [2.05, 4.69) is 26.1 Å². The molecule has 2 rings (SSSR count). The molecule has 3 nitrogen and oxygen atoms in total. The molecule has 0 aliphatic heterocycles. The highest BCUT2D eigenvalue weighted by Gasteiger charge is 2.13. The van der Waals surface area contributed by atoms with Gasteiger partial charge in [0.25, 0.3) is 0 Å². The zero-order chi connectivity index (χ0) is 11.7. The summed E-state index contributed by atoms with van der Waals surface area (Å²) in [6.07, 6.45) is 0.759. The van der Waals surface area contributed by atoms with Crippen LogP contribution in [0.3, 0.4) is 0 Å². The lowest BCUT2D eigenvalue weighted by atomic mass is 10.3.